The zero-order chi connectivity index (χ0) is 11.3. The Kier molecular flexibility index (Phi) is 4.83. The molecule has 0 aliphatic carbocycles. The molecule has 2 N–H and O–H groups in total. The largest absolute Gasteiger partial charge is 0.469 e. The van der Waals surface area contributed by atoms with E-state index in [1.807, 2.05) is 0 Å². The fourth-order valence-electron chi connectivity index (χ4n) is 0.799. The first kappa shape index (κ1) is 12.3. The molecule has 1 heterocycles. The van der Waals surface area contributed by atoms with Gasteiger partial charge in [0.1, 0.15) is 5.03 Å². The number of methoxy groups -OCH3 is 1. The molecule has 0 amide bonds. The number of anilines is 1. The molecule has 0 aliphatic rings. The van der Waals surface area contributed by atoms with Crippen LogP contribution in [0.2, 0.25) is 0 Å². The van der Waals surface area contributed by atoms with Crippen LogP contribution in [-0.2, 0) is 9.53 Å². The number of nitrogen functional groups attached to an aromatic ring is 1. The predicted molar refractivity (Wildman–Crippen MR) is 61.5 cm³/mol. The highest BCUT2D eigenvalue weighted by molar-refractivity contribution is 9.10. The number of hydrogen-bond acceptors (Lipinski definition) is 6. The van der Waals surface area contributed by atoms with Crippen LogP contribution < -0.4 is 5.73 Å². The minimum atomic E-state index is -0.236. The van der Waals surface area contributed by atoms with Gasteiger partial charge in [-0.25, -0.2) is 9.97 Å². The summed E-state index contributed by atoms with van der Waals surface area (Å²) >= 11 is 4.72. The molecule has 15 heavy (non-hydrogen) atoms. The van der Waals surface area contributed by atoms with E-state index in [9.17, 15) is 4.79 Å². The van der Waals surface area contributed by atoms with Gasteiger partial charge in [-0.2, -0.15) is 0 Å². The van der Waals surface area contributed by atoms with Crippen LogP contribution in [0.25, 0.3) is 0 Å². The molecular formula is C8H10BrN3O2S. The van der Waals surface area contributed by atoms with E-state index in [0.29, 0.717) is 12.2 Å². The molecule has 82 valence electrons. The molecule has 0 spiro atoms. The van der Waals surface area contributed by atoms with Crippen molar-refractivity contribution in [3.63, 3.8) is 0 Å². The van der Waals surface area contributed by atoms with E-state index in [-0.39, 0.29) is 11.9 Å². The number of aromatic nitrogens is 2. The summed E-state index contributed by atoms with van der Waals surface area (Å²) in [5.41, 5.74) is 5.44. The minimum Gasteiger partial charge on any atom is -0.469 e. The van der Waals surface area contributed by atoms with Gasteiger partial charge in [0, 0.05) is 11.9 Å². The van der Waals surface area contributed by atoms with Gasteiger partial charge >= 0.3 is 5.97 Å². The molecule has 0 aliphatic heterocycles. The van der Waals surface area contributed by atoms with Crippen LogP contribution in [0.5, 0.6) is 0 Å². The van der Waals surface area contributed by atoms with Crippen LogP contribution in [0, 0.1) is 0 Å². The number of rotatable bonds is 4. The molecule has 1 aromatic heterocycles. The lowest BCUT2D eigenvalue weighted by molar-refractivity contribution is -0.140. The molecule has 0 atom stereocenters. The first-order valence-corrected chi connectivity index (χ1v) is 5.89. The van der Waals surface area contributed by atoms with Crippen molar-refractivity contribution in [2.24, 2.45) is 0 Å². The second-order valence-electron chi connectivity index (χ2n) is 2.56. The van der Waals surface area contributed by atoms with Crippen LogP contribution in [0.15, 0.2) is 15.7 Å². The SMILES string of the molecule is COC(=O)CCSc1nc(N)ncc1Br. The maximum absolute atomic E-state index is 10.8. The van der Waals surface area contributed by atoms with E-state index in [4.69, 9.17) is 5.73 Å². The molecule has 1 aromatic rings. The lowest BCUT2D eigenvalue weighted by atomic mass is 10.5. The predicted octanol–water partition coefficient (Wildman–Crippen LogP) is 1.48. The summed E-state index contributed by atoms with van der Waals surface area (Å²) in [7, 11) is 1.37. The Morgan fingerprint density at radius 2 is 2.47 bits per heavy atom. The Morgan fingerprint density at radius 3 is 3.13 bits per heavy atom. The zero-order valence-corrected chi connectivity index (χ0v) is 10.5. The van der Waals surface area contributed by atoms with Crippen LogP contribution in [0.4, 0.5) is 5.95 Å². The number of nitrogens with zero attached hydrogens (tertiary/aromatic N) is 2. The van der Waals surface area contributed by atoms with Gasteiger partial charge in [0.2, 0.25) is 5.95 Å². The van der Waals surface area contributed by atoms with Crippen molar-refractivity contribution >= 4 is 39.6 Å². The van der Waals surface area contributed by atoms with E-state index in [0.717, 1.165) is 9.50 Å². The van der Waals surface area contributed by atoms with Gasteiger partial charge in [-0.3, -0.25) is 4.79 Å². The number of halogens is 1. The number of hydrogen-bond donors (Lipinski definition) is 1. The summed E-state index contributed by atoms with van der Waals surface area (Å²) in [4.78, 5) is 18.7. The average molecular weight is 292 g/mol. The van der Waals surface area contributed by atoms with Crippen molar-refractivity contribution in [3.8, 4) is 0 Å². The smallest absolute Gasteiger partial charge is 0.306 e. The van der Waals surface area contributed by atoms with E-state index in [1.54, 1.807) is 6.20 Å². The summed E-state index contributed by atoms with van der Waals surface area (Å²) in [5, 5.41) is 0.728. The van der Waals surface area contributed by atoms with Crippen molar-refractivity contribution in [2.45, 2.75) is 11.4 Å². The maximum Gasteiger partial charge on any atom is 0.306 e. The summed E-state index contributed by atoms with van der Waals surface area (Å²) in [6.07, 6.45) is 1.93. The van der Waals surface area contributed by atoms with Crippen LogP contribution in [0.1, 0.15) is 6.42 Å². The number of ether oxygens (including phenoxy) is 1. The summed E-state index contributed by atoms with van der Waals surface area (Å²) in [6, 6.07) is 0. The monoisotopic (exact) mass is 291 g/mol. The van der Waals surface area contributed by atoms with E-state index >= 15 is 0 Å². The molecule has 0 aromatic carbocycles. The number of carbonyl (C=O) groups is 1. The molecule has 7 heteroatoms. The van der Waals surface area contributed by atoms with E-state index in [1.165, 1.54) is 18.9 Å². The molecule has 1 rings (SSSR count). The van der Waals surface area contributed by atoms with Gasteiger partial charge in [-0.05, 0) is 15.9 Å². The van der Waals surface area contributed by atoms with Crippen molar-refractivity contribution in [3.05, 3.63) is 10.7 Å². The van der Waals surface area contributed by atoms with Gasteiger partial charge in [-0.1, -0.05) is 0 Å². The Labute approximate surface area is 99.9 Å². The van der Waals surface area contributed by atoms with Crippen LogP contribution >= 0.6 is 27.7 Å². The minimum absolute atomic E-state index is 0.221. The fourth-order valence-corrected chi connectivity index (χ4v) is 2.14. The number of thioether (sulfide) groups is 1. The second kappa shape index (κ2) is 5.92. The van der Waals surface area contributed by atoms with Gasteiger partial charge in [0.25, 0.3) is 0 Å². The van der Waals surface area contributed by atoms with Gasteiger partial charge < -0.3 is 10.5 Å². The zero-order valence-electron chi connectivity index (χ0n) is 8.07. The highest BCUT2D eigenvalue weighted by atomic mass is 79.9. The molecule has 0 radical (unpaired) electrons. The summed E-state index contributed by atoms with van der Waals surface area (Å²) in [5.74, 6) is 0.585. The van der Waals surface area contributed by atoms with Crippen molar-refractivity contribution in [1.82, 2.24) is 9.97 Å². The molecule has 0 saturated heterocycles. The standard InChI is InChI=1S/C8H10BrN3O2S/c1-14-6(13)2-3-15-7-5(9)4-11-8(10)12-7/h4H,2-3H2,1H3,(H2,10,11,12). The average Bonchev–Trinajstić information content (AvgIpc) is 2.23. The number of nitrogens with two attached hydrogens (primary N) is 1. The number of carbonyl (C=O) groups excluding carboxylic acids is 1. The normalized spacial score (nSPS) is 10.0. The van der Waals surface area contributed by atoms with Crippen molar-refractivity contribution in [2.75, 3.05) is 18.6 Å². The third-order valence-corrected chi connectivity index (χ3v) is 3.34. The highest BCUT2D eigenvalue weighted by Gasteiger charge is 2.06. The van der Waals surface area contributed by atoms with Gasteiger partial charge in [0.15, 0.2) is 0 Å². The highest BCUT2D eigenvalue weighted by Crippen LogP contribution is 2.25. The molecule has 0 unspecified atom stereocenters. The first-order chi connectivity index (χ1) is 7.13. The van der Waals surface area contributed by atoms with E-state index in [2.05, 4.69) is 30.6 Å². The molecule has 5 nitrogen and oxygen atoms in total. The topological polar surface area (TPSA) is 78.1 Å². The van der Waals surface area contributed by atoms with Gasteiger partial charge in [-0.15, -0.1) is 11.8 Å². The first-order valence-electron chi connectivity index (χ1n) is 4.11. The van der Waals surface area contributed by atoms with Gasteiger partial charge in [0.05, 0.1) is 18.0 Å². The summed E-state index contributed by atoms with van der Waals surface area (Å²) in [6.45, 7) is 0. The Hall–Kier alpha value is -0.820. The quantitative estimate of drug-likeness (QED) is 0.514. The second-order valence-corrected chi connectivity index (χ2v) is 4.49. The van der Waals surface area contributed by atoms with Crippen molar-refractivity contribution in [1.29, 1.82) is 0 Å². The fraction of sp³-hybridized carbons (Fsp3) is 0.375. The molecular weight excluding hydrogens is 282 g/mol. The Morgan fingerprint density at radius 1 is 1.73 bits per heavy atom. The number of esters is 1. The Bertz CT molecular complexity index is 362. The third kappa shape index (κ3) is 4.05. The maximum atomic E-state index is 10.8. The molecule has 0 fully saturated rings. The van der Waals surface area contributed by atoms with Crippen LogP contribution in [-0.4, -0.2) is 28.8 Å². The Balaban J connectivity index is 2.50. The summed E-state index contributed by atoms with van der Waals surface area (Å²) < 4.78 is 5.29. The lowest BCUT2D eigenvalue weighted by Crippen LogP contribution is -2.02. The molecule has 0 bridgehead atoms. The lowest BCUT2D eigenvalue weighted by Gasteiger charge is -2.02. The third-order valence-electron chi connectivity index (χ3n) is 1.50. The van der Waals surface area contributed by atoms with Crippen molar-refractivity contribution < 1.29 is 9.53 Å². The van der Waals surface area contributed by atoms with E-state index < -0.39 is 0 Å². The van der Waals surface area contributed by atoms with Crippen LogP contribution in [0.3, 0.4) is 0 Å². The molecule has 0 saturated carbocycles.